The molecule has 1 aromatic heterocycles. The first-order valence-electron chi connectivity index (χ1n) is 6.03. The monoisotopic (exact) mass is 223 g/mol. The van der Waals surface area contributed by atoms with Crippen LogP contribution in [0.1, 0.15) is 43.0 Å². The number of thiophene rings is 1. The van der Waals surface area contributed by atoms with E-state index < -0.39 is 0 Å². The Morgan fingerprint density at radius 2 is 2.20 bits per heavy atom. The fourth-order valence-electron chi connectivity index (χ4n) is 2.46. The largest absolute Gasteiger partial charge is 0.309 e. The van der Waals surface area contributed by atoms with Crippen molar-refractivity contribution < 1.29 is 0 Å². The van der Waals surface area contributed by atoms with Crippen molar-refractivity contribution in [1.82, 2.24) is 5.32 Å². The van der Waals surface area contributed by atoms with Crippen LogP contribution in [0.2, 0.25) is 0 Å². The lowest BCUT2D eigenvalue weighted by Gasteiger charge is -2.20. The summed E-state index contributed by atoms with van der Waals surface area (Å²) >= 11 is 1.87. The summed E-state index contributed by atoms with van der Waals surface area (Å²) in [7, 11) is 0. The van der Waals surface area contributed by atoms with Gasteiger partial charge in [0.05, 0.1) is 0 Å². The third-order valence-corrected chi connectivity index (χ3v) is 4.68. The third kappa shape index (κ3) is 2.82. The topological polar surface area (TPSA) is 12.0 Å². The number of aryl methyl sites for hydroxylation is 1. The van der Waals surface area contributed by atoms with Crippen LogP contribution in [0.3, 0.4) is 0 Å². The van der Waals surface area contributed by atoms with E-state index in [1.807, 2.05) is 11.3 Å². The van der Waals surface area contributed by atoms with Crippen LogP contribution in [-0.4, -0.2) is 6.04 Å². The molecule has 1 nitrogen and oxygen atoms in total. The number of hydrogen-bond acceptors (Lipinski definition) is 2. The van der Waals surface area contributed by atoms with Crippen molar-refractivity contribution in [2.24, 2.45) is 5.92 Å². The van der Waals surface area contributed by atoms with Gasteiger partial charge in [0.25, 0.3) is 0 Å². The summed E-state index contributed by atoms with van der Waals surface area (Å²) in [5.74, 6) is 0.922. The third-order valence-electron chi connectivity index (χ3n) is 3.66. The molecule has 2 rings (SSSR count). The zero-order valence-electron chi connectivity index (χ0n) is 9.75. The molecule has 0 aliphatic heterocycles. The first kappa shape index (κ1) is 11.2. The minimum absolute atomic E-state index is 0.689. The van der Waals surface area contributed by atoms with Gasteiger partial charge in [-0.15, -0.1) is 11.3 Å². The standard InChI is InChI=1S/C13H21NS/c1-10-7-8-15-13(10)9-14-11(2)12-5-3-4-6-12/h7-8,11-12,14H,3-6,9H2,1-2H3/t11-/m0/s1. The molecular weight excluding hydrogens is 202 g/mol. The summed E-state index contributed by atoms with van der Waals surface area (Å²) in [6.45, 7) is 5.61. The molecule has 1 aliphatic carbocycles. The van der Waals surface area contributed by atoms with E-state index in [9.17, 15) is 0 Å². The van der Waals surface area contributed by atoms with Crippen molar-refractivity contribution in [2.45, 2.75) is 52.1 Å². The zero-order chi connectivity index (χ0) is 10.7. The molecule has 1 atom stereocenters. The number of hydrogen-bond donors (Lipinski definition) is 1. The quantitative estimate of drug-likeness (QED) is 0.820. The van der Waals surface area contributed by atoms with Crippen LogP contribution in [0.4, 0.5) is 0 Å². The van der Waals surface area contributed by atoms with Crippen molar-refractivity contribution in [2.75, 3.05) is 0 Å². The highest BCUT2D eigenvalue weighted by Gasteiger charge is 2.20. The van der Waals surface area contributed by atoms with Gasteiger partial charge in [0, 0.05) is 17.5 Å². The molecule has 1 saturated carbocycles. The van der Waals surface area contributed by atoms with Crippen LogP contribution in [0.5, 0.6) is 0 Å². The van der Waals surface area contributed by atoms with Crippen molar-refractivity contribution in [3.05, 3.63) is 21.9 Å². The Morgan fingerprint density at radius 3 is 2.80 bits per heavy atom. The smallest absolute Gasteiger partial charge is 0.0304 e. The first-order chi connectivity index (χ1) is 7.27. The zero-order valence-corrected chi connectivity index (χ0v) is 10.6. The highest BCUT2D eigenvalue weighted by Crippen LogP contribution is 2.27. The van der Waals surface area contributed by atoms with Crippen molar-refractivity contribution in [3.8, 4) is 0 Å². The number of rotatable bonds is 4. The molecule has 0 saturated heterocycles. The predicted molar refractivity (Wildman–Crippen MR) is 67.3 cm³/mol. The lowest BCUT2D eigenvalue weighted by molar-refractivity contribution is 0.381. The molecule has 0 aromatic carbocycles. The molecule has 1 aromatic rings. The van der Waals surface area contributed by atoms with E-state index in [0.29, 0.717) is 6.04 Å². The highest BCUT2D eigenvalue weighted by molar-refractivity contribution is 7.10. The van der Waals surface area contributed by atoms with Crippen LogP contribution in [0.25, 0.3) is 0 Å². The van der Waals surface area contributed by atoms with E-state index in [0.717, 1.165) is 12.5 Å². The second kappa shape index (κ2) is 5.13. The molecular formula is C13H21NS. The minimum atomic E-state index is 0.689. The Labute approximate surface area is 96.9 Å². The summed E-state index contributed by atoms with van der Waals surface area (Å²) in [5, 5.41) is 5.87. The lowest BCUT2D eigenvalue weighted by atomic mass is 10.00. The first-order valence-corrected chi connectivity index (χ1v) is 6.91. The van der Waals surface area contributed by atoms with Gasteiger partial charge in [-0.25, -0.2) is 0 Å². The highest BCUT2D eigenvalue weighted by atomic mass is 32.1. The molecule has 1 aliphatic rings. The van der Waals surface area contributed by atoms with Gasteiger partial charge < -0.3 is 5.32 Å². The maximum atomic E-state index is 3.68. The fraction of sp³-hybridized carbons (Fsp3) is 0.692. The SMILES string of the molecule is Cc1ccsc1CN[C@@H](C)C1CCCC1. The normalized spacial score (nSPS) is 19.6. The molecule has 2 heteroatoms. The van der Waals surface area contributed by atoms with Gasteiger partial charge in [-0.05, 0) is 49.6 Å². The van der Waals surface area contributed by atoms with Crippen LogP contribution >= 0.6 is 11.3 Å². The Hall–Kier alpha value is -0.340. The molecule has 1 N–H and O–H groups in total. The summed E-state index contributed by atoms with van der Waals surface area (Å²) < 4.78 is 0. The summed E-state index contributed by atoms with van der Waals surface area (Å²) in [5.41, 5.74) is 1.44. The van der Waals surface area contributed by atoms with E-state index in [4.69, 9.17) is 0 Å². The Kier molecular flexibility index (Phi) is 3.81. The molecule has 0 unspecified atom stereocenters. The molecule has 0 bridgehead atoms. The number of nitrogens with one attached hydrogen (secondary N) is 1. The predicted octanol–water partition coefficient (Wildman–Crippen LogP) is 3.72. The van der Waals surface area contributed by atoms with Crippen LogP contribution in [0.15, 0.2) is 11.4 Å². The summed E-state index contributed by atoms with van der Waals surface area (Å²) in [6.07, 6.45) is 5.73. The maximum Gasteiger partial charge on any atom is 0.0304 e. The molecule has 0 spiro atoms. The van der Waals surface area contributed by atoms with Crippen LogP contribution in [-0.2, 0) is 6.54 Å². The van der Waals surface area contributed by atoms with Crippen molar-refractivity contribution in [1.29, 1.82) is 0 Å². The van der Waals surface area contributed by atoms with E-state index in [1.165, 1.54) is 36.1 Å². The van der Waals surface area contributed by atoms with Gasteiger partial charge in [-0.1, -0.05) is 12.8 Å². The van der Waals surface area contributed by atoms with Gasteiger partial charge in [0.1, 0.15) is 0 Å². The van der Waals surface area contributed by atoms with Gasteiger partial charge >= 0.3 is 0 Å². The lowest BCUT2D eigenvalue weighted by Crippen LogP contribution is -2.31. The summed E-state index contributed by atoms with van der Waals surface area (Å²) in [6, 6.07) is 2.90. The Balaban J connectivity index is 1.80. The second-order valence-electron chi connectivity index (χ2n) is 4.74. The minimum Gasteiger partial charge on any atom is -0.309 e. The van der Waals surface area contributed by atoms with Crippen molar-refractivity contribution >= 4 is 11.3 Å². The van der Waals surface area contributed by atoms with Crippen molar-refractivity contribution in [3.63, 3.8) is 0 Å². The van der Waals surface area contributed by atoms with Gasteiger partial charge in [-0.2, -0.15) is 0 Å². The van der Waals surface area contributed by atoms with Gasteiger partial charge in [0.2, 0.25) is 0 Å². The molecule has 0 amide bonds. The average molecular weight is 223 g/mol. The fourth-order valence-corrected chi connectivity index (χ4v) is 3.32. The van der Waals surface area contributed by atoms with E-state index in [1.54, 1.807) is 0 Å². The van der Waals surface area contributed by atoms with Gasteiger partial charge in [-0.3, -0.25) is 0 Å². The van der Waals surface area contributed by atoms with E-state index in [-0.39, 0.29) is 0 Å². The van der Waals surface area contributed by atoms with Gasteiger partial charge in [0.15, 0.2) is 0 Å². The van der Waals surface area contributed by atoms with Crippen LogP contribution in [0, 0.1) is 12.8 Å². The molecule has 1 heterocycles. The second-order valence-corrected chi connectivity index (χ2v) is 5.74. The van der Waals surface area contributed by atoms with E-state index in [2.05, 4.69) is 30.6 Å². The van der Waals surface area contributed by atoms with Crippen LogP contribution < -0.4 is 5.32 Å². The average Bonchev–Trinajstić information content (AvgIpc) is 2.85. The Morgan fingerprint density at radius 1 is 1.47 bits per heavy atom. The maximum absolute atomic E-state index is 3.68. The molecule has 0 radical (unpaired) electrons. The molecule has 15 heavy (non-hydrogen) atoms. The Bertz CT molecular complexity index is 299. The molecule has 1 fully saturated rings. The summed E-state index contributed by atoms with van der Waals surface area (Å²) in [4.78, 5) is 1.50. The molecule has 84 valence electrons. The van der Waals surface area contributed by atoms with E-state index >= 15 is 0 Å².